The maximum atomic E-state index is 13.0. The minimum Gasteiger partial charge on any atom is -0.369 e. The van der Waals surface area contributed by atoms with Crippen LogP contribution in [0.4, 0.5) is 10.5 Å². The zero-order valence-corrected chi connectivity index (χ0v) is 17.4. The number of aryl methyl sites for hydroxylation is 2. The average molecular weight is 416 g/mol. The summed E-state index contributed by atoms with van der Waals surface area (Å²) < 4.78 is 33.4. The van der Waals surface area contributed by atoms with Crippen LogP contribution in [-0.4, -0.2) is 62.0 Å². The number of benzene rings is 2. The highest BCUT2D eigenvalue weighted by atomic mass is 32.2. The number of carbonyl (C=O) groups is 1. The standard InChI is InChI=1S/C21H25N3O4S/c1-15-6-8-20(9-7-15)29(26,27)24-13-18-11-23(12-19(14-24)28-18)21(25)22-17-5-3-4-16(2)10-17/h3-10,18-19H,11-14H2,1-2H3,(H,22,25)/t18-,19+. The topological polar surface area (TPSA) is 79.0 Å². The Morgan fingerprint density at radius 3 is 2.24 bits per heavy atom. The number of sulfonamides is 1. The molecular weight excluding hydrogens is 390 g/mol. The van der Waals surface area contributed by atoms with Gasteiger partial charge in [0, 0.05) is 18.8 Å². The second-order valence-corrected chi connectivity index (χ2v) is 9.66. The van der Waals surface area contributed by atoms with Crippen molar-refractivity contribution in [3.8, 4) is 0 Å². The number of ether oxygens (including phenoxy) is 1. The second-order valence-electron chi connectivity index (χ2n) is 7.72. The summed E-state index contributed by atoms with van der Waals surface area (Å²) in [6.45, 7) is 5.08. The van der Waals surface area contributed by atoms with Gasteiger partial charge in [-0.05, 0) is 43.7 Å². The zero-order valence-electron chi connectivity index (χ0n) is 16.5. The van der Waals surface area contributed by atoms with Gasteiger partial charge in [-0.15, -0.1) is 0 Å². The highest BCUT2D eigenvalue weighted by Gasteiger charge is 2.41. The van der Waals surface area contributed by atoms with E-state index in [1.807, 2.05) is 38.1 Å². The summed E-state index contributed by atoms with van der Waals surface area (Å²) in [7, 11) is -3.58. The Balaban J connectivity index is 1.43. The highest BCUT2D eigenvalue weighted by Crippen LogP contribution is 2.25. The summed E-state index contributed by atoms with van der Waals surface area (Å²) in [5.74, 6) is 0. The quantitative estimate of drug-likeness (QED) is 0.836. The Hall–Kier alpha value is -2.42. The predicted octanol–water partition coefficient (Wildman–Crippen LogP) is 2.61. The van der Waals surface area contributed by atoms with Crippen LogP contribution >= 0.6 is 0 Å². The number of morpholine rings is 2. The number of fused-ring (bicyclic) bond motifs is 2. The first-order chi connectivity index (χ1) is 13.8. The summed E-state index contributed by atoms with van der Waals surface area (Å²) in [6.07, 6.45) is -0.683. The van der Waals surface area contributed by atoms with Crippen LogP contribution in [0.1, 0.15) is 11.1 Å². The minimum absolute atomic E-state index is 0.191. The molecule has 2 saturated heterocycles. The van der Waals surface area contributed by atoms with Gasteiger partial charge < -0.3 is 15.0 Å². The molecule has 0 saturated carbocycles. The van der Waals surface area contributed by atoms with Crippen molar-refractivity contribution in [2.45, 2.75) is 31.0 Å². The number of amides is 2. The Bertz CT molecular complexity index is 993. The largest absolute Gasteiger partial charge is 0.369 e. The first-order valence-corrected chi connectivity index (χ1v) is 11.1. The third-order valence-corrected chi connectivity index (χ3v) is 7.11. The van der Waals surface area contributed by atoms with Crippen molar-refractivity contribution >= 4 is 21.7 Å². The number of urea groups is 1. The normalized spacial score (nSPS) is 22.3. The van der Waals surface area contributed by atoms with Crippen LogP contribution in [0.2, 0.25) is 0 Å². The minimum atomic E-state index is -3.58. The molecule has 29 heavy (non-hydrogen) atoms. The van der Waals surface area contributed by atoms with E-state index in [1.165, 1.54) is 4.31 Å². The molecule has 2 atom stereocenters. The van der Waals surface area contributed by atoms with Crippen molar-refractivity contribution in [1.29, 1.82) is 0 Å². The molecule has 0 unspecified atom stereocenters. The maximum Gasteiger partial charge on any atom is 0.322 e. The second kappa shape index (κ2) is 7.78. The van der Waals surface area contributed by atoms with Gasteiger partial charge in [-0.2, -0.15) is 4.31 Å². The van der Waals surface area contributed by atoms with Gasteiger partial charge in [-0.1, -0.05) is 29.8 Å². The molecule has 2 aromatic carbocycles. The first-order valence-electron chi connectivity index (χ1n) is 9.66. The molecule has 0 radical (unpaired) electrons. The number of hydrogen-bond acceptors (Lipinski definition) is 4. The molecule has 154 valence electrons. The van der Waals surface area contributed by atoms with Crippen molar-refractivity contribution in [3.05, 3.63) is 59.7 Å². The van der Waals surface area contributed by atoms with Gasteiger partial charge in [-0.3, -0.25) is 0 Å². The number of anilines is 1. The molecule has 8 heteroatoms. The van der Waals surface area contributed by atoms with Gasteiger partial charge in [0.25, 0.3) is 0 Å². The van der Waals surface area contributed by atoms with Gasteiger partial charge in [0.2, 0.25) is 10.0 Å². The summed E-state index contributed by atoms with van der Waals surface area (Å²) in [5.41, 5.74) is 2.83. The molecule has 2 amide bonds. The van der Waals surface area contributed by atoms with Crippen molar-refractivity contribution < 1.29 is 17.9 Å². The molecule has 2 aliphatic rings. The fraction of sp³-hybridized carbons (Fsp3) is 0.381. The number of rotatable bonds is 3. The smallest absolute Gasteiger partial charge is 0.322 e. The van der Waals surface area contributed by atoms with E-state index < -0.39 is 10.0 Å². The zero-order chi connectivity index (χ0) is 20.6. The molecule has 0 aromatic heterocycles. The molecule has 2 aliphatic heterocycles. The maximum absolute atomic E-state index is 13.0. The third-order valence-electron chi connectivity index (χ3n) is 5.26. The fourth-order valence-corrected chi connectivity index (χ4v) is 5.30. The predicted molar refractivity (Wildman–Crippen MR) is 110 cm³/mol. The molecule has 2 heterocycles. The Labute approximate surface area is 171 Å². The van der Waals surface area contributed by atoms with Crippen molar-refractivity contribution in [2.75, 3.05) is 31.5 Å². The Morgan fingerprint density at radius 2 is 1.62 bits per heavy atom. The highest BCUT2D eigenvalue weighted by molar-refractivity contribution is 7.89. The molecule has 4 rings (SSSR count). The van der Waals surface area contributed by atoms with E-state index in [1.54, 1.807) is 29.2 Å². The van der Waals surface area contributed by atoms with Crippen LogP contribution in [0.5, 0.6) is 0 Å². The van der Waals surface area contributed by atoms with Gasteiger partial charge in [0.1, 0.15) is 0 Å². The number of nitrogens with zero attached hydrogens (tertiary/aromatic N) is 2. The Morgan fingerprint density at radius 1 is 0.966 bits per heavy atom. The summed E-state index contributed by atoms with van der Waals surface area (Å²) >= 11 is 0. The van der Waals surface area contributed by atoms with Crippen molar-refractivity contribution in [2.24, 2.45) is 0 Å². The lowest BCUT2D eigenvalue weighted by Crippen LogP contribution is -2.61. The Kier molecular flexibility index (Phi) is 5.33. The van der Waals surface area contributed by atoms with Gasteiger partial charge in [0.15, 0.2) is 0 Å². The van der Waals surface area contributed by atoms with Crippen LogP contribution in [0.25, 0.3) is 0 Å². The van der Waals surface area contributed by atoms with Crippen LogP contribution in [-0.2, 0) is 14.8 Å². The summed E-state index contributed by atoms with van der Waals surface area (Å²) in [4.78, 5) is 14.7. The molecule has 2 aromatic rings. The van der Waals surface area contributed by atoms with E-state index in [0.717, 1.165) is 16.8 Å². The van der Waals surface area contributed by atoms with E-state index in [0.29, 0.717) is 13.1 Å². The molecule has 7 nitrogen and oxygen atoms in total. The molecule has 2 bridgehead atoms. The molecule has 0 aliphatic carbocycles. The average Bonchev–Trinajstić information content (AvgIpc) is 2.67. The summed E-state index contributed by atoms with van der Waals surface area (Å²) in [5, 5.41) is 2.91. The van der Waals surface area contributed by atoms with E-state index in [9.17, 15) is 13.2 Å². The number of nitrogens with one attached hydrogen (secondary N) is 1. The summed E-state index contributed by atoms with van der Waals surface area (Å²) in [6, 6.07) is 14.3. The first kappa shape index (κ1) is 19.9. The van der Waals surface area contributed by atoms with E-state index in [-0.39, 0.29) is 36.2 Å². The van der Waals surface area contributed by atoms with Crippen LogP contribution < -0.4 is 5.32 Å². The molecular formula is C21H25N3O4S. The lowest BCUT2D eigenvalue weighted by atomic mass is 10.1. The lowest BCUT2D eigenvalue weighted by molar-refractivity contribution is -0.110. The van der Waals surface area contributed by atoms with Gasteiger partial charge in [0.05, 0.1) is 30.2 Å². The molecule has 0 spiro atoms. The van der Waals surface area contributed by atoms with Crippen LogP contribution in [0, 0.1) is 13.8 Å². The molecule has 1 N–H and O–H groups in total. The van der Waals surface area contributed by atoms with E-state index in [2.05, 4.69) is 5.32 Å². The SMILES string of the molecule is Cc1ccc(S(=O)(=O)N2C[C@H]3CN(C(=O)Nc4cccc(C)c4)C[C@@H](C2)O3)cc1. The number of carbonyl (C=O) groups excluding carboxylic acids is 1. The number of hydrogen-bond donors (Lipinski definition) is 1. The van der Waals surface area contributed by atoms with Gasteiger partial charge >= 0.3 is 6.03 Å². The van der Waals surface area contributed by atoms with Crippen molar-refractivity contribution in [1.82, 2.24) is 9.21 Å². The van der Waals surface area contributed by atoms with Crippen molar-refractivity contribution in [3.63, 3.8) is 0 Å². The van der Waals surface area contributed by atoms with Crippen LogP contribution in [0.3, 0.4) is 0 Å². The fourth-order valence-electron chi connectivity index (χ4n) is 3.80. The van der Waals surface area contributed by atoms with E-state index in [4.69, 9.17) is 4.74 Å². The van der Waals surface area contributed by atoms with Crippen LogP contribution in [0.15, 0.2) is 53.4 Å². The van der Waals surface area contributed by atoms with E-state index >= 15 is 0 Å². The monoisotopic (exact) mass is 415 g/mol. The van der Waals surface area contributed by atoms with Gasteiger partial charge in [-0.25, -0.2) is 13.2 Å². The molecule has 2 fully saturated rings. The lowest BCUT2D eigenvalue weighted by Gasteiger charge is -2.45. The third kappa shape index (κ3) is 4.29.